The van der Waals surface area contributed by atoms with E-state index >= 15 is 0 Å². The summed E-state index contributed by atoms with van der Waals surface area (Å²) in [6.45, 7) is 0.734. The van der Waals surface area contributed by atoms with E-state index < -0.39 is 0 Å². The molecule has 4 aromatic rings. The Morgan fingerprint density at radius 2 is 1.65 bits per heavy atom. The van der Waals surface area contributed by atoms with Gasteiger partial charge in [-0.25, -0.2) is 4.98 Å². The number of carbonyl (C=O) groups excluding carboxylic acids is 1. The number of fused-ring (bicyclic) bond motifs is 1. The second-order valence-electron chi connectivity index (χ2n) is 7.45. The Kier molecular flexibility index (Phi) is 7.14. The highest BCUT2D eigenvalue weighted by molar-refractivity contribution is 6.42. The lowest BCUT2D eigenvalue weighted by molar-refractivity contribution is 0.0948. The highest BCUT2D eigenvalue weighted by Crippen LogP contribution is 2.38. The monoisotopic (exact) mass is 499 g/mol. The fourth-order valence-electron chi connectivity index (χ4n) is 3.73. The van der Waals surface area contributed by atoms with Crippen molar-refractivity contribution in [2.45, 2.75) is 13.1 Å². The minimum atomic E-state index is -0.299. The van der Waals surface area contributed by atoms with Crippen LogP contribution >= 0.6 is 23.2 Å². The highest BCUT2D eigenvalue weighted by Gasteiger charge is 2.18. The first-order chi connectivity index (χ1) is 16.4. The number of para-hydroxylation sites is 2. The van der Waals surface area contributed by atoms with Crippen molar-refractivity contribution >= 4 is 40.1 Å². The van der Waals surface area contributed by atoms with Crippen molar-refractivity contribution in [1.29, 1.82) is 0 Å². The van der Waals surface area contributed by atoms with Gasteiger partial charge in [0.1, 0.15) is 5.82 Å². The van der Waals surface area contributed by atoms with Gasteiger partial charge in [-0.15, -0.1) is 0 Å². The van der Waals surface area contributed by atoms with Crippen molar-refractivity contribution in [1.82, 2.24) is 14.9 Å². The number of halogens is 2. The fourth-order valence-corrected chi connectivity index (χ4v) is 4.05. The van der Waals surface area contributed by atoms with Crippen LogP contribution in [0.15, 0.2) is 54.6 Å². The molecule has 1 aromatic heterocycles. The van der Waals surface area contributed by atoms with Gasteiger partial charge in [0.05, 0.1) is 49.0 Å². The lowest BCUT2D eigenvalue weighted by atomic mass is 10.1. The third kappa shape index (κ3) is 4.76. The first-order valence-corrected chi connectivity index (χ1v) is 11.2. The minimum absolute atomic E-state index is 0.214. The zero-order valence-corrected chi connectivity index (χ0v) is 20.4. The summed E-state index contributed by atoms with van der Waals surface area (Å²) in [7, 11) is 4.52. The molecule has 0 aliphatic heterocycles. The second kappa shape index (κ2) is 10.2. The standard InChI is InChI=1S/C25H23Cl2N3O4/c1-32-21-11-16(12-22(33-2)24(21)34-3)25(31)28-13-23-29-19-6-4-5-7-20(19)30(23)14-15-8-9-17(26)18(27)10-15/h4-12H,13-14H2,1-3H3,(H,28,31). The van der Waals surface area contributed by atoms with E-state index in [-0.39, 0.29) is 12.5 Å². The number of hydrogen-bond acceptors (Lipinski definition) is 5. The molecule has 0 saturated carbocycles. The average molecular weight is 500 g/mol. The van der Waals surface area contributed by atoms with Crippen LogP contribution in [0.1, 0.15) is 21.7 Å². The van der Waals surface area contributed by atoms with E-state index in [0.29, 0.717) is 45.2 Å². The normalized spacial score (nSPS) is 10.9. The maximum absolute atomic E-state index is 13.0. The van der Waals surface area contributed by atoms with E-state index in [9.17, 15) is 4.79 Å². The van der Waals surface area contributed by atoms with Crippen molar-refractivity contribution in [3.8, 4) is 17.2 Å². The van der Waals surface area contributed by atoms with Gasteiger partial charge in [0.25, 0.3) is 5.91 Å². The minimum Gasteiger partial charge on any atom is -0.493 e. The van der Waals surface area contributed by atoms with Crippen LogP contribution in [0, 0.1) is 0 Å². The highest BCUT2D eigenvalue weighted by atomic mass is 35.5. The average Bonchev–Trinajstić information content (AvgIpc) is 3.20. The summed E-state index contributed by atoms with van der Waals surface area (Å²) in [5, 5.41) is 3.93. The number of benzene rings is 3. The molecule has 1 amide bonds. The molecular weight excluding hydrogens is 477 g/mol. The van der Waals surface area contributed by atoms with Crippen LogP contribution in [0.3, 0.4) is 0 Å². The summed E-state index contributed by atoms with van der Waals surface area (Å²) in [5.41, 5.74) is 3.13. The molecule has 0 aliphatic rings. The molecule has 176 valence electrons. The number of amides is 1. The maximum atomic E-state index is 13.0. The first kappa shape index (κ1) is 23.7. The smallest absolute Gasteiger partial charge is 0.251 e. The number of hydrogen-bond donors (Lipinski definition) is 1. The third-order valence-corrected chi connectivity index (χ3v) is 6.13. The van der Waals surface area contributed by atoms with Crippen LogP contribution in [-0.4, -0.2) is 36.8 Å². The number of ether oxygens (including phenoxy) is 3. The van der Waals surface area contributed by atoms with E-state index in [1.165, 1.54) is 21.3 Å². The predicted octanol–water partition coefficient (Wildman–Crippen LogP) is 5.35. The van der Waals surface area contributed by atoms with E-state index in [1.807, 2.05) is 41.0 Å². The summed E-state index contributed by atoms with van der Waals surface area (Å²) in [6.07, 6.45) is 0. The molecule has 0 spiro atoms. The molecule has 4 rings (SSSR count). The Labute approximate surface area is 207 Å². The molecule has 7 nitrogen and oxygen atoms in total. The SMILES string of the molecule is COc1cc(C(=O)NCc2nc3ccccc3n2Cc2ccc(Cl)c(Cl)c2)cc(OC)c1OC. The zero-order chi connectivity index (χ0) is 24.2. The number of aromatic nitrogens is 2. The third-order valence-electron chi connectivity index (χ3n) is 5.39. The summed E-state index contributed by atoms with van der Waals surface area (Å²) in [6, 6.07) is 16.5. The Morgan fingerprint density at radius 1 is 0.941 bits per heavy atom. The Morgan fingerprint density at radius 3 is 2.29 bits per heavy atom. The van der Waals surface area contributed by atoms with Crippen molar-refractivity contribution in [2.24, 2.45) is 0 Å². The largest absolute Gasteiger partial charge is 0.493 e. The molecule has 0 bridgehead atoms. The molecule has 1 N–H and O–H groups in total. The topological polar surface area (TPSA) is 74.6 Å². The molecule has 0 saturated heterocycles. The quantitative estimate of drug-likeness (QED) is 0.353. The van der Waals surface area contributed by atoms with Gasteiger partial charge in [0.15, 0.2) is 11.5 Å². The maximum Gasteiger partial charge on any atom is 0.251 e. The van der Waals surface area contributed by atoms with E-state index in [2.05, 4.69) is 5.32 Å². The number of nitrogens with zero attached hydrogens (tertiary/aromatic N) is 2. The first-order valence-electron chi connectivity index (χ1n) is 10.4. The van der Waals surface area contributed by atoms with Crippen molar-refractivity contribution in [3.05, 3.63) is 81.6 Å². The lowest BCUT2D eigenvalue weighted by Gasteiger charge is -2.14. The number of rotatable bonds is 8. The van der Waals surface area contributed by atoms with Gasteiger partial charge in [-0.3, -0.25) is 4.79 Å². The van der Waals surface area contributed by atoms with Gasteiger partial charge < -0.3 is 24.1 Å². The Bertz CT molecular complexity index is 1330. The molecule has 0 atom stereocenters. The van der Waals surface area contributed by atoms with Crippen LogP contribution in [0.5, 0.6) is 17.2 Å². The van der Waals surface area contributed by atoms with Gasteiger partial charge in [-0.1, -0.05) is 41.4 Å². The summed E-state index contributed by atoms with van der Waals surface area (Å²) in [4.78, 5) is 17.7. The van der Waals surface area contributed by atoms with Crippen molar-refractivity contribution in [3.63, 3.8) is 0 Å². The van der Waals surface area contributed by atoms with E-state index in [1.54, 1.807) is 18.2 Å². The summed E-state index contributed by atoms with van der Waals surface area (Å²) in [5.74, 6) is 1.63. The van der Waals surface area contributed by atoms with E-state index in [0.717, 1.165) is 16.6 Å². The molecule has 3 aromatic carbocycles. The van der Waals surface area contributed by atoms with Gasteiger partial charge in [-0.05, 0) is 42.0 Å². The van der Waals surface area contributed by atoms with Crippen LogP contribution < -0.4 is 19.5 Å². The van der Waals surface area contributed by atoms with E-state index in [4.69, 9.17) is 42.4 Å². The molecule has 0 aliphatic carbocycles. The fraction of sp³-hybridized carbons (Fsp3) is 0.200. The van der Waals surface area contributed by atoms with Crippen molar-refractivity contribution in [2.75, 3.05) is 21.3 Å². The van der Waals surface area contributed by atoms with Gasteiger partial charge >= 0.3 is 0 Å². The Balaban J connectivity index is 1.62. The predicted molar refractivity (Wildman–Crippen MR) is 133 cm³/mol. The second-order valence-corrected chi connectivity index (χ2v) is 8.26. The molecule has 9 heteroatoms. The molecule has 1 heterocycles. The van der Waals surface area contributed by atoms with Gasteiger partial charge in [0.2, 0.25) is 5.75 Å². The van der Waals surface area contributed by atoms with Crippen LogP contribution in [0.25, 0.3) is 11.0 Å². The van der Waals surface area contributed by atoms with Gasteiger partial charge in [-0.2, -0.15) is 0 Å². The van der Waals surface area contributed by atoms with Gasteiger partial charge in [0, 0.05) is 12.1 Å². The molecule has 0 radical (unpaired) electrons. The molecule has 0 fully saturated rings. The molecule has 34 heavy (non-hydrogen) atoms. The van der Waals surface area contributed by atoms with Crippen LogP contribution in [0.4, 0.5) is 0 Å². The van der Waals surface area contributed by atoms with Crippen molar-refractivity contribution < 1.29 is 19.0 Å². The number of methoxy groups -OCH3 is 3. The van der Waals surface area contributed by atoms with Crippen LogP contribution in [-0.2, 0) is 13.1 Å². The summed E-state index contributed by atoms with van der Waals surface area (Å²) >= 11 is 12.3. The molecular formula is C25H23Cl2N3O4. The number of nitrogens with one attached hydrogen (secondary N) is 1. The number of carbonyl (C=O) groups is 1. The Hall–Kier alpha value is -3.42. The zero-order valence-electron chi connectivity index (χ0n) is 18.9. The van der Waals surface area contributed by atoms with Crippen LogP contribution in [0.2, 0.25) is 10.0 Å². The molecule has 0 unspecified atom stereocenters. The lowest BCUT2D eigenvalue weighted by Crippen LogP contribution is -2.25. The summed E-state index contributed by atoms with van der Waals surface area (Å²) < 4.78 is 18.1. The number of imidazole rings is 1.